The van der Waals surface area contributed by atoms with Gasteiger partial charge in [0.1, 0.15) is 11.8 Å². The molecule has 0 spiro atoms. The zero-order chi connectivity index (χ0) is 23.1. The monoisotopic (exact) mass is 476 g/mol. The molecule has 1 atom stereocenters. The molecule has 0 aliphatic carbocycles. The minimum atomic E-state index is -0.751. The van der Waals surface area contributed by atoms with Crippen LogP contribution in [0.5, 0.6) is 5.75 Å². The molecule has 2 heterocycles. The lowest BCUT2D eigenvalue weighted by Crippen LogP contribution is -2.32. The first kappa shape index (κ1) is 23.7. The molecule has 1 aromatic carbocycles. The lowest BCUT2D eigenvalue weighted by atomic mass is 10.2. The number of nitrogens with zero attached hydrogens (tertiary/aromatic N) is 4. The molecule has 0 aliphatic rings. The number of hydrogen-bond acceptors (Lipinski definition) is 9. The molecule has 0 aliphatic heterocycles. The number of carbonyl (C=O) groups is 2. The van der Waals surface area contributed by atoms with E-state index in [9.17, 15) is 14.7 Å². The third kappa shape index (κ3) is 5.84. The fourth-order valence-electron chi connectivity index (χ4n) is 2.83. The van der Waals surface area contributed by atoms with E-state index in [4.69, 9.17) is 4.74 Å². The number of aromatic nitrogens is 4. The maximum Gasteiger partial charge on any atom is 0.251 e. The van der Waals surface area contributed by atoms with E-state index in [1.807, 2.05) is 19.2 Å². The van der Waals surface area contributed by atoms with Crippen LogP contribution in [-0.4, -0.2) is 56.1 Å². The van der Waals surface area contributed by atoms with E-state index >= 15 is 0 Å². The molecule has 0 saturated heterocycles. The molecule has 3 N–H and O–H groups in total. The number of benzene rings is 1. The molecule has 2 amide bonds. The highest BCUT2D eigenvalue weighted by Crippen LogP contribution is 2.22. The second-order valence-corrected chi connectivity index (χ2v) is 8.45. The summed E-state index contributed by atoms with van der Waals surface area (Å²) in [6.45, 7) is 3.91. The van der Waals surface area contributed by atoms with Crippen LogP contribution >= 0.6 is 23.1 Å². The second-order valence-electron chi connectivity index (χ2n) is 6.65. The van der Waals surface area contributed by atoms with E-state index in [0.29, 0.717) is 34.0 Å². The summed E-state index contributed by atoms with van der Waals surface area (Å²) in [4.78, 5) is 29.0. The minimum Gasteiger partial charge on any atom is -0.497 e. The summed E-state index contributed by atoms with van der Waals surface area (Å²) in [5, 5.41) is 26.6. The van der Waals surface area contributed by atoms with Crippen LogP contribution in [0.15, 0.2) is 34.8 Å². The van der Waals surface area contributed by atoms with Crippen molar-refractivity contribution < 1.29 is 19.4 Å². The number of amides is 2. The standard InChI is InChI=1S/C20H24N6O4S2/c1-4-26-17(15(9-27)22-18(29)13-5-7-14(30-3)8-6-13)24-25-20(26)32-11-16(28)23-19-21-12(2)10-31-19/h5-8,10,15,27H,4,9,11H2,1-3H3,(H,22,29)(H,21,23,28)/t15-/m1/s1. The number of ether oxygens (including phenoxy) is 1. The molecule has 0 radical (unpaired) electrons. The van der Waals surface area contributed by atoms with Crippen LogP contribution in [0, 0.1) is 6.92 Å². The number of aliphatic hydroxyl groups excluding tert-OH is 1. The highest BCUT2D eigenvalue weighted by Gasteiger charge is 2.23. The van der Waals surface area contributed by atoms with Gasteiger partial charge in [-0.1, -0.05) is 11.8 Å². The molecule has 32 heavy (non-hydrogen) atoms. The van der Waals surface area contributed by atoms with Crippen LogP contribution in [0.3, 0.4) is 0 Å². The minimum absolute atomic E-state index is 0.124. The van der Waals surface area contributed by atoms with Crippen molar-refractivity contribution in [2.45, 2.75) is 31.6 Å². The quantitative estimate of drug-likeness (QED) is 0.380. The average Bonchev–Trinajstić information content (AvgIpc) is 3.41. The predicted molar refractivity (Wildman–Crippen MR) is 122 cm³/mol. The molecule has 12 heteroatoms. The maximum atomic E-state index is 12.6. The van der Waals surface area contributed by atoms with Crippen molar-refractivity contribution in [3.05, 3.63) is 46.7 Å². The Morgan fingerprint density at radius 2 is 2.03 bits per heavy atom. The first-order valence-electron chi connectivity index (χ1n) is 9.78. The fraction of sp³-hybridized carbons (Fsp3) is 0.350. The Labute approximate surface area is 193 Å². The summed E-state index contributed by atoms with van der Waals surface area (Å²) in [5.74, 6) is 0.614. The topological polar surface area (TPSA) is 131 Å². The molecule has 3 rings (SSSR count). The van der Waals surface area contributed by atoms with E-state index in [0.717, 1.165) is 5.69 Å². The number of thiazole rings is 1. The van der Waals surface area contributed by atoms with Gasteiger partial charge in [-0.05, 0) is 38.1 Å². The zero-order valence-electron chi connectivity index (χ0n) is 17.9. The number of methoxy groups -OCH3 is 1. The summed E-state index contributed by atoms with van der Waals surface area (Å²) in [7, 11) is 1.55. The number of aryl methyl sites for hydroxylation is 1. The predicted octanol–water partition coefficient (Wildman–Crippen LogP) is 2.27. The number of anilines is 1. The SMILES string of the molecule is CCn1c(SCC(=O)Nc2nc(C)cs2)nnc1[C@@H](CO)NC(=O)c1ccc(OC)cc1. The smallest absolute Gasteiger partial charge is 0.251 e. The molecular weight excluding hydrogens is 452 g/mol. The average molecular weight is 477 g/mol. The van der Waals surface area contributed by atoms with Crippen molar-refractivity contribution in [3.63, 3.8) is 0 Å². The Balaban J connectivity index is 1.65. The van der Waals surface area contributed by atoms with Crippen molar-refractivity contribution in [1.29, 1.82) is 0 Å². The lowest BCUT2D eigenvalue weighted by molar-refractivity contribution is -0.113. The zero-order valence-corrected chi connectivity index (χ0v) is 19.5. The van der Waals surface area contributed by atoms with Crippen molar-refractivity contribution >= 4 is 40.0 Å². The number of thioether (sulfide) groups is 1. The Kier molecular flexibility index (Phi) is 8.20. The number of aliphatic hydroxyl groups is 1. The highest BCUT2D eigenvalue weighted by molar-refractivity contribution is 7.99. The third-order valence-corrected chi connectivity index (χ3v) is 6.25. The van der Waals surface area contributed by atoms with Crippen molar-refractivity contribution in [2.24, 2.45) is 0 Å². The highest BCUT2D eigenvalue weighted by atomic mass is 32.2. The maximum absolute atomic E-state index is 12.6. The van der Waals surface area contributed by atoms with Gasteiger partial charge < -0.3 is 25.0 Å². The third-order valence-electron chi connectivity index (χ3n) is 4.41. The van der Waals surface area contributed by atoms with Crippen molar-refractivity contribution in [1.82, 2.24) is 25.1 Å². The molecule has 0 fully saturated rings. The van der Waals surface area contributed by atoms with E-state index < -0.39 is 6.04 Å². The van der Waals surface area contributed by atoms with Crippen molar-refractivity contribution in [3.8, 4) is 5.75 Å². The number of hydrogen-bond donors (Lipinski definition) is 3. The molecule has 10 nitrogen and oxygen atoms in total. The molecule has 0 saturated carbocycles. The molecule has 170 valence electrons. The Hall–Kier alpha value is -2.96. The van der Waals surface area contributed by atoms with Gasteiger partial charge in [-0.2, -0.15) is 0 Å². The second kappa shape index (κ2) is 11.1. The first-order chi connectivity index (χ1) is 15.4. The van der Waals surface area contributed by atoms with Gasteiger partial charge in [-0.25, -0.2) is 4.98 Å². The number of rotatable bonds is 10. The van der Waals surface area contributed by atoms with E-state index in [-0.39, 0.29) is 24.2 Å². The van der Waals surface area contributed by atoms with Crippen LogP contribution in [0.1, 0.15) is 34.8 Å². The van der Waals surface area contributed by atoms with Gasteiger partial charge in [0, 0.05) is 17.5 Å². The van der Waals surface area contributed by atoms with E-state index in [1.165, 1.54) is 23.1 Å². The van der Waals surface area contributed by atoms with Crippen LogP contribution < -0.4 is 15.4 Å². The number of carbonyl (C=O) groups excluding carboxylic acids is 2. The largest absolute Gasteiger partial charge is 0.497 e. The summed E-state index contributed by atoms with van der Waals surface area (Å²) >= 11 is 2.58. The van der Waals surface area contributed by atoms with Crippen LogP contribution in [-0.2, 0) is 11.3 Å². The Morgan fingerprint density at radius 1 is 1.28 bits per heavy atom. The molecule has 3 aromatic rings. The molecule has 0 unspecified atom stereocenters. The fourth-order valence-corrected chi connectivity index (χ4v) is 4.35. The molecular formula is C20H24N6O4S2. The lowest BCUT2D eigenvalue weighted by Gasteiger charge is -2.17. The number of nitrogens with one attached hydrogen (secondary N) is 2. The van der Waals surface area contributed by atoms with E-state index in [1.54, 1.807) is 35.9 Å². The summed E-state index contributed by atoms with van der Waals surface area (Å²) in [6, 6.07) is 5.89. The summed E-state index contributed by atoms with van der Waals surface area (Å²) < 4.78 is 6.87. The summed E-state index contributed by atoms with van der Waals surface area (Å²) in [5.41, 5.74) is 1.27. The normalized spacial score (nSPS) is 11.8. The Bertz CT molecular complexity index is 1070. The van der Waals surface area contributed by atoms with Crippen LogP contribution in [0.25, 0.3) is 0 Å². The summed E-state index contributed by atoms with van der Waals surface area (Å²) in [6.07, 6.45) is 0. The van der Waals surface area contributed by atoms with Gasteiger partial charge >= 0.3 is 0 Å². The van der Waals surface area contributed by atoms with Gasteiger partial charge in [0.2, 0.25) is 5.91 Å². The van der Waals surface area contributed by atoms with Gasteiger partial charge in [-0.3, -0.25) is 9.59 Å². The van der Waals surface area contributed by atoms with Gasteiger partial charge in [0.25, 0.3) is 5.91 Å². The van der Waals surface area contributed by atoms with Crippen LogP contribution in [0.4, 0.5) is 5.13 Å². The Morgan fingerprint density at radius 3 is 2.62 bits per heavy atom. The van der Waals surface area contributed by atoms with Gasteiger partial charge in [0.05, 0.1) is 25.2 Å². The molecule has 2 aromatic heterocycles. The first-order valence-corrected chi connectivity index (χ1v) is 11.6. The van der Waals surface area contributed by atoms with Gasteiger partial charge in [-0.15, -0.1) is 21.5 Å². The van der Waals surface area contributed by atoms with Gasteiger partial charge in [0.15, 0.2) is 16.1 Å². The van der Waals surface area contributed by atoms with E-state index in [2.05, 4.69) is 25.8 Å². The van der Waals surface area contributed by atoms with Crippen LogP contribution in [0.2, 0.25) is 0 Å². The van der Waals surface area contributed by atoms with Crippen molar-refractivity contribution in [2.75, 3.05) is 24.8 Å². The molecule has 0 bridgehead atoms.